The molecule has 86 valence electrons. The summed E-state index contributed by atoms with van der Waals surface area (Å²) in [5.74, 6) is -1.56. The highest BCUT2D eigenvalue weighted by atomic mass is 79.9. The van der Waals surface area contributed by atoms with Crippen LogP contribution in [0.4, 0.5) is 4.39 Å². The van der Waals surface area contributed by atoms with E-state index in [-0.39, 0.29) is 6.42 Å². The lowest BCUT2D eigenvalue weighted by Crippen LogP contribution is -2.22. The lowest BCUT2D eigenvalue weighted by molar-refractivity contribution is -0.137. The van der Waals surface area contributed by atoms with E-state index >= 15 is 0 Å². The predicted molar refractivity (Wildman–Crippen MR) is 58.3 cm³/mol. The molecule has 0 saturated heterocycles. The molecule has 6 heteroatoms. The van der Waals surface area contributed by atoms with Gasteiger partial charge >= 0.3 is 5.97 Å². The molecule has 0 bridgehead atoms. The molecule has 0 saturated carbocycles. The molecule has 4 nitrogen and oxygen atoms in total. The van der Waals surface area contributed by atoms with E-state index in [0.717, 1.165) is 0 Å². The minimum atomic E-state index is -1.07. The Morgan fingerprint density at radius 1 is 1.62 bits per heavy atom. The third-order valence-corrected chi connectivity index (χ3v) is 2.70. The van der Waals surface area contributed by atoms with Gasteiger partial charge in [0.25, 0.3) is 0 Å². The van der Waals surface area contributed by atoms with Gasteiger partial charge in [0.05, 0.1) is 12.5 Å². The van der Waals surface area contributed by atoms with Crippen molar-refractivity contribution in [3.63, 3.8) is 0 Å². The smallest absolute Gasteiger partial charge is 0.305 e. The van der Waals surface area contributed by atoms with Crippen molar-refractivity contribution in [1.29, 1.82) is 0 Å². The third kappa shape index (κ3) is 3.30. The number of nitrogens with one attached hydrogen (secondary N) is 1. The first kappa shape index (κ1) is 12.6. The molecule has 1 atom stereocenters. The maximum absolute atomic E-state index is 13.0. The molecule has 0 aromatic heterocycles. The van der Waals surface area contributed by atoms with E-state index in [1.54, 1.807) is 0 Å². The standard InChI is InChI=1S/C10H9BrFNO3/c11-8-2-1-6(12)3-7(8)9(13-5-14)4-10(15)16/h1-3,5,9H,4H2,(H,13,14)(H,15,16)/t9-/m1/s1. The summed E-state index contributed by atoms with van der Waals surface area (Å²) < 4.78 is 13.6. The van der Waals surface area contributed by atoms with Crippen LogP contribution in [0.1, 0.15) is 18.0 Å². The number of carboxylic acid groups (broad SMARTS) is 1. The summed E-state index contributed by atoms with van der Waals surface area (Å²) in [5, 5.41) is 11.0. The number of aliphatic carboxylic acids is 1. The van der Waals surface area contributed by atoms with Gasteiger partial charge in [-0.25, -0.2) is 4.39 Å². The van der Waals surface area contributed by atoms with E-state index in [0.29, 0.717) is 16.4 Å². The van der Waals surface area contributed by atoms with Crippen LogP contribution in [0.5, 0.6) is 0 Å². The number of hydrogen-bond acceptors (Lipinski definition) is 2. The third-order valence-electron chi connectivity index (χ3n) is 1.98. The number of carboxylic acids is 1. The Balaban J connectivity index is 3.03. The van der Waals surface area contributed by atoms with Gasteiger partial charge in [-0.05, 0) is 23.8 Å². The highest BCUT2D eigenvalue weighted by molar-refractivity contribution is 9.10. The van der Waals surface area contributed by atoms with Crippen molar-refractivity contribution < 1.29 is 19.1 Å². The summed E-state index contributed by atoms with van der Waals surface area (Å²) in [7, 11) is 0. The second-order valence-electron chi connectivity index (χ2n) is 3.10. The van der Waals surface area contributed by atoms with E-state index < -0.39 is 17.8 Å². The number of carbonyl (C=O) groups excluding carboxylic acids is 1. The Morgan fingerprint density at radius 2 is 2.31 bits per heavy atom. The number of carbonyl (C=O) groups is 2. The van der Waals surface area contributed by atoms with Crippen LogP contribution < -0.4 is 5.32 Å². The van der Waals surface area contributed by atoms with Crippen LogP contribution in [0, 0.1) is 5.82 Å². The molecule has 0 fully saturated rings. The van der Waals surface area contributed by atoms with Crippen molar-refractivity contribution in [3.05, 3.63) is 34.1 Å². The topological polar surface area (TPSA) is 66.4 Å². The van der Waals surface area contributed by atoms with Gasteiger partial charge in [-0.3, -0.25) is 9.59 Å². The molecule has 1 amide bonds. The molecule has 2 N–H and O–H groups in total. The van der Waals surface area contributed by atoms with Gasteiger partial charge in [0, 0.05) is 4.47 Å². The monoisotopic (exact) mass is 289 g/mol. The molecule has 0 aliphatic carbocycles. The molecule has 1 aromatic carbocycles. The SMILES string of the molecule is O=CN[C@H](CC(=O)O)c1cc(F)ccc1Br. The van der Waals surface area contributed by atoms with E-state index in [2.05, 4.69) is 21.2 Å². The molecular weight excluding hydrogens is 281 g/mol. The zero-order valence-corrected chi connectivity index (χ0v) is 9.70. The Kier molecular flexibility index (Phi) is 4.42. The Labute approximate surface area is 99.6 Å². The minimum absolute atomic E-state index is 0.305. The highest BCUT2D eigenvalue weighted by Gasteiger charge is 2.17. The summed E-state index contributed by atoms with van der Waals surface area (Å²) in [6.45, 7) is 0. The zero-order chi connectivity index (χ0) is 12.1. The highest BCUT2D eigenvalue weighted by Crippen LogP contribution is 2.26. The van der Waals surface area contributed by atoms with Crippen LogP contribution in [0.2, 0.25) is 0 Å². The number of rotatable bonds is 5. The van der Waals surface area contributed by atoms with Gasteiger partial charge in [-0.2, -0.15) is 0 Å². The summed E-state index contributed by atoms with van der Waals surface area (Å²) >= 11 is 3.18. The van der Waals surface area contributed by atoms with E-state index in [1.165, 1.54) is 18.2 Å². The van der Waals surface area contributed by atoms with Gasteiger partial charge < -0.3 is 10.4 Å². The van der Waals surface area contributed by atoms with Crippen molar-refractivity contribution in [2.75, 3.05) is 0 Å². The maximum Gasteiger partial charge on any atom is 0.305 e. The largest absolute Gasteiger partial charge is 0.481 e. The Bertz CT molecular complexity index is 411. The molecule has 0 spiro atoms. The summed E-state index contributed by atoms with van der Waals surface area (Å²) in [5.41, 5.74) is 0.398. The quantitative estimate of drug-likeness (QED) is 0.813. The van der Waals surface area contributed by atoms with Crippen molar-refractivity contribution in [1.82, 2.24) is 5.32 Å². The van der Waals surface area contributed by atoms with E-state index in [1.807, 2.05) is 0 Å². The molecule has 1 aromatic rings. The second-order valence-corrected chi connectivity index (χ2v) is 3.96. The number of hydrogen-bond donors (Lipinski definition) is 2. The van der Waals surface area contributed by atoms with Crippen LogP contribution in [0.3, 0.4) is 0 Å². The second kappa shape index (κ2) is 5.60. The summed E-state index contributed by atoms with van der Waals surface area (Å²) in [6, 6.07) is 3.15. The van der Waals surface area contributed by atoms with Crippen molar-refractivity contribution >= 4 is 28.3 Å². The van der Waals surface area contributed by atoms with Crippen LogP contribution >= 0.6 is 15.9 Å². The average Bonchev–Trinajstić information content (AvgIpc) is 2.20. The molecular formula is C10H9BrFNO3. The van der Waals surface area contributed by atoms with Crippen molar-refractivity contribution in [2.24, 2.45) is 0 Å². The van der Waals surface area contributed by atoms with Crippen LogP contribution in [0.25, 0.3) is 0 Å². The van der Waals surface area contributed by atoms with Gasteiger partial charge in [0.1, 0.15) is 5.82 Å². The lowest BCUT2D eigenvalue weighted by Gasteiger charge is -2.15. The zero-order valence-electron chi connectivity index (χ0n) is 8.11. The van der Waals surface area contributed by atoms with Gasteiger partial charge in [0.15, 0.2) is 0 Å². The summed E-state index contributed by atoms with van der Waals surface area (Å²) in [4.78, 5) is 20.9. The fraction of sp³-hybridized carbons (Fsp3) is 0.200. The number of halogens is 2. The molecule has 0 radical (unpaired) electrons. The van der Waals surface area contributed by atoms with Crippen molar-refractivity contribution in [2.45, 2.75) is 12.5 Å². The fourth-order valence-electron chi connectivity index (χ4n) is 1.30. The van der Waals surface area contributed by atoms with E-state index in [9.17, 15) is 14.0 Å². The molecule has 16 heavy (non-hydrogen) atoms. The summed E-state index contributed by atoms with van der Waals surface area (Å²) in [6.07, 6.45) is 0.0890. The molecule has 0 aliphatic rings. The molecule has 1 rings (SSSR count). The first-order valence-electron chi connectivity index (χ1n) is 4.41. The molecule has 0 heterocycles. The van der Waals surface area contributed by atoms with Gasteiger partial charge in [-0.1, -0.05) is 15.9 Å². The number of amides is 1. The number of benzene rings is 1. The first-order chi connectivity index (χ1) is 7.54. The van der Waals surface area contributed by atoms with Crippen LogP contribution in [-0.4, -0.2) is 17.5 Å². The maximum atomic E-state index is 13.0. The molecule has 0 aliphatic heterocycles. The van der Waals surface area contributed by atoms with Crippen molar-refractivity contribution in [3.8, 4) is 0 Å². The fourth-order valence-corrected chi connectivity index (χ4v) is 1.82. The predicted octanol–water partition coefficient (Wildman–Crippen LogP) is 1.85. The first-order valence-corrected chi connectivity index (χ1v) is 5.20. The Morgan fingerprint density at radius 3 is 2.88 bits per heavy atom. The van der Waals surface area contributed by atoms with Gasteiger partial charge in [0.2, 0.25) is 6.41 Å². The van der Waals surface area contributed by atoms with Gasteiger partial charge in [-0.15, -0.1) is 0 Å². The van der Waals surface area contributed by atoms with Crippen LogP contribution in [0.15, 0.2) is 22.7 Å². The van der Waals surface area contributed by atoms with Crippen LogP contribution in [-0.2, 0) is 9.59 Å². The van der Waals surface area contributed by atoms with E-state index in [4.69, 9.17) is 5.11 Å². The lowest BCUT2D eigenvalue weighted by atomic mass is 10.0. The molecule has 0 unspecified atom stereocenters. The Hall–Kier alpha value is -1.43. The normalized spacial score (nSPS) is 11.9. The minimum Gasteiger partial charge on any atom is -0.481 e. The average molecular weight is 290 g/mol.